The summed E-state index contributed by atoms with van der Waals surface area (Å²) in [6.45, 7) is 10.8. The van der Waals surface area contributed by atoms with Crippen LogP contribution in [0.25, 0.3) is 0 Å². The fourth-order valence-corrected chi connectivity index (χ4v) is 3.28. The summed E-state index contributed by atoms with van der Waals surface area (Å²) in [6, 6.07) is 4.53. The molecule has 1 aromatic heterocycles. The summed E-state index contributed by atoms with van der Waals surface area (Å²) < 4.78 is 5.50. The van der Waals surface area contributed by atoms with E-state index >= 15 is 0 Å². The molecule has 2 rings (SSSR count). The van der Waals surface area contributed by atoms with Gasteiger partial charge in [-0.1, -0.05) is 20.8 Å². The zero-order valence-corrected chi connectivity index (χ0v) is 12.6. The molecular formula is C15H25NOS. The van der Waals surface area contributed by atoms with E-state index < -0.39 is 0 Å². The lowest BCUT2D eigenvalue weighted by Crippen LogP contribution is -2.28. The lowest BCUT2D eigenvalue weighted by molar-refractivity contribution is 0.0548. The maximum absolute atomic E-state index is 5.50. The van der Waals surface area contributed by atoms with E-state index in [1.807, 2.05) is 11.3 Å². The van der Waals surface area contributed by atoms with Crippen LogP contribution in [0.4, 0.5) is 0 Å². The molecule has 1 saturated heterocycles. The highest BCUT2D eigenvalue weighted by Crippen LogP contribution is 2.29. The predicted molar refractivity (Wildman–Crippen MR) is 78.3 cm³/mol. The highest BCUT2D eigenvalue weighted by atomic mass is 32.1. The van der Waals surface area contributed by atoms with E-state index in [9.17, 15) is 0 Å². The molecule has 1 N–H and O–H groups in total. The van der Waals surface area contributed by atoms with Gasteiger partial charge in [0.2, 0.25) is 0 Å². The summed E-state index contributed by atoms with van der Waals surface area (Å²) >= 11 is 1.93. The van der Waals surface area contributed by atoms with Gasteiger partial charge in [0.15, 0.2) is 0 Å². The number of ether oxygens (including phenoxy) is 1. The van der Waals surface area contributed by atoms with E-state index in [0.717, 1.165) is 26.3 Å². The fourth-order valence-electron chi connectivity index (χ4n) is 2.24. The van der Waals surface area contributed by atoms with Crippen LogP contribution in [0.3, 0.4) is 0 Å². The normalized spacial score (nSPS) is 21.2. The molecule has 1 aromatic rings. The predicted octanol–water partition coefficient (Wildman–Crippen LogP) is 3.56. The molecule has 2 nitrogen and oxygen atoms in total. The lowest BCUT2D eigenvalue weighted by Gasteiger charge is -2.22. The molecule has 1 atom stereocenters. The zero-order valence-electron chi connectivity index (χ0n) is 11.8. The third-order valence-electron chi connectivity index (χ3n) is 3.39. The van der Waals surface area contributed by atoms with Crippen molar-refractivity contribution in [2.24, 2.45) is 5.92 Å². The minimum Gasteiger partial charge on any atom is -0.381 e. The van der Waals surface area contributed by atoms with Gasteiger partial charge in [0.05, 0.1) is 6.61 Å². The van der Waals surface area contributed by atoms with Crippen molar-refractivity contribution in [3.63, 3.8) is 0 Å². The number of hydrogen-bond acceptors (Lipinski definition) is 3. The van der Waals surface area contributed by atoms with Gasteiger partial charge < -0.3 is 10.1 Å². The molecule has 0 radical (unpaired) electrons. The molecule has 1 aliphatic heterocycles. The zero-order chi connectivity index (χ0) is 13.0. The van der Waals surface area contributed by atoms with Gasteiger partial charge in [-0.2, -0.15) is 0 Å². The van der Waals surface area contributed by atoms with Crippen molar-refractivity contribution in [2.75, 3.05) is 19.8 Å². The Morgan fingerprint density at radius 1 is 1.39 bits per heavy atom. The molecule has 0 bridgehead atoms. The molecule has 2 heterocycles. The lowest BCUT2D eigenvalue weighted by atomic mass is 9.95. The topological polar surface area (TPSA) is 21.3 Å². The van der Waals surface area contributed by atoms with Gasteiger partial charge in [0, 0.05) is 29.5 Å². The summed E-state index contributed by atoms with van der Waals surface area (Å²) in [4.78, 5) is 2.91. The molecule has 0 saturated carbocycles. The van der Waals surface area contributed by atoms with Gasteiger partial charge in [0.1, 0.15) is 0 Å². The minimum absolute atomic E-state index is 0.278. The molecule has 0 spiro atoms. The van der Waals surface area contributed by atoms with Gasteiger partial charge in [-0.15, -0.1) is 11.3 Å². The van der Waals surface area contributed by atoms with Crippen LogP contribution < -0.4 is 5.32 Å². The quantitative estimate of drug-likeness (QED) is 0.900. The second kappa shape index (κ2) is 6.18. The van der Waals surface area contributed by atoms with Gasteiger partial charge >= 0.3 is 0 Å². The average Bonchev–Trinajstić information content (AvgIpc) is 2.79. The van der Waals surface area contributed by atoms with Crippen LogP contribution in [0.1, 0.15) is 43.4 Å². The van der Waals surface area contributed by atoms with Crippen molar-refractivity contribution in [3.8, 4) is 0 Å². The first-order valence-corrected chi connectivity index (χ1v) is 7.75. The summed E-state index contributed by atoms with van der Waals surface area (Å²) in [5.74, 6) is 0.709. The Labute approximate surface area is 115 Å². The van der Waals surface area contributed by atoms with E-state index in [4.69, 9.17) is 4.74 Å². The van der Waals surface area contributed by atoms with E-state index in [0.29, 0.717) is 5.92 Å². The highest BCUT2D eigenvalue weighted by molar-refractivity contribution is 7.12. The van der Waals surface area contributed by atoms with E-state index in [-0.39, 0.29) is 5.41 Å². The monoisotopic (exact) mass is 267 g/mol. The molecule has 1 fully saturated rings. The molecule has 0 amide bonds. The first kappa shape index (κ1) is 14.0. The van der Waals surface area contributed by atoms with Crippen LogP contribution in [0.15, 0.2) is 12.1 Å². The Hall–Kier alpha value is -0.380. The van der Waals surface area contributed by atoms with Crippen molar-refractivity contribution < 1.29 is 4.74 Å². The Kier molecular flexibility index (Phi) is 4.82. The highest BCUT2D eigenvalue weighted by Gasteiger charge is 2.16. The van der Waals surface area contributed by atoms with Crippen LogP contribution in [-0.2, 0) is 16.7 Å². The van der Waals surface area contributed by atoms with Gasteiger partial charge in [-0.3, -0.25) is 0 Å². The largest absolute Gasteiger partial charge is 0.381 e. The maximum Gasteiger partial charge on any atom is 0.0506 e. The summed E-state index contributed by atoms with van der Waals surface area (Å²) in [5.41, 5.74) is 0.278. The number of rotatable bonds is 4. The summed E-state index contributed by atoms with van der Waals surface area (Å²) in [7, 11) is 0. The Morgan fingerprint density at radius 3 is 2.83 bits per heavy atom. The second-order valence-corrected chi connectivity index (χ2v) is 7.40. The molecule has 102 valence electrons. The maximum atomic E-state index is 5.50. The molecular weight excluding hydrogens is 242 g/mol. The van der Waals surface area contributed by atoms with Gasteiger partial charge in [0.25, 0.3) is 0 Å². The number of hydrogen-bond donors (Lipinski definition) is 1. The van der Waals surface area contributed by atoms with E-state index in [1.165, 1.54) is 22.6 Å². The van der Waals surface area contributed by atoms with Crippen molar-refractivity contribution >= 4 is 11.3 Å². The van der Waals surface area contributed by atoms with Crippen molar-refractivity contribution in [1.82, 2.24) is 5.32 Å². The Balaban J connectivity index is 1.74. The van der Waals surface area contributed by atoms with E-state index in [1.54, 1.807) is 0 Å². The SMILES string of the molecule is CC(C)(C)c1ccc(CNCC2CCCOC2)s1. The molecule has 3 heteroatoms. The van der Waals surface area contributed by atoms with Gasteiger partial charge in [-0.25, -0.2) is 0 Å². The summed E-state index contributed by atoms with van der Waals surface area (Å²) in [5, 5.41) is 3.57. The third kappa shape index (κ3) is 4.08. The van der Waals surface area contributed by atoms with Crippen LogP contribution in [0.2, 0.25) is 0 Å². The smallest absolute Gasteiger partial charge is 0.0506 e. The standard InChI is InChI=1S/C15H25NOS/c1-15(2,3)14-7-6-13(18-14)10-16-9-12-5-4-8-17-11-12/h6-7,12,16H,4-5,8-11H2,1-3H3. The van der Waals surface area contributed by atoms with Crippen LogP contribution in [0, 0.1) is 5.92 Å². The Morgan fingerprint density at radius 2 is 2.22 bits per heavy atom. The minimum atomic E-state index is 0.278. The van der Waals surface area contributed by atoms with Crippen molar-refractivity contribution in [1.29, 1.82) is 0 Å². The van der Waals surface area contributed by atoms with Crippen LogP contribution in [-0.4, -0.2) is 19.8 Å². The molecule has 1 unspecified atom stereocenters. The van der Waals surface area contributed by atoms with Crippen molar-refractivity contribution in [2.45, 2.75) is 45.6 Å². The fraction of sp³-hybridized carbons (Fsp3) is 0.733. The molecule has 18 heavy (non-hydrogen) atoms. The van der Waals surface area contributed by atoms with Crippen LogP contribution >= 0.6 is 11.3 Å². The third-order valence-corrected chi connectivity index (χ3v) is 4.90. The van der Waals surface area contributed by atoms with E-state index in [2.05, 4.69) is 38.2 Å². The molecule has 0 aromatic carbocycles. The Bertz CT molecular complexity index is 361. The van der Waals surface area contributed by atoms with Gasteiger partial charge in [-0.05, 0) is 36.3 Å². The molecule has 1 aliphatic rings. The van der Waals surface area contributed by atoms with Crippen molar-refractivity contribution in [3.05, 3.63) is 21.9 Å². The first-order chi connectivity index (χ1) is 8.55. The average molecular weight is 267 g/mol. The number of thiophene rings is 1. The molecule has 0 aliphatic carbocycles. The summed E-state index contributed by atoms with van der Waals surface area (Å²) in [6.07, 6.45) is 2.53. The van der Waals surface area contributed by atoms with Crippen LogP contribution in [0.5, 0.6) is 0 Å². The second-order valence-electron chi connectivity index (χ2n) is 6.23. The number of nitrogens with one attached hydrogen (secondary N) is 1. The first-order valence-electron chi connectivity index (χ1n) is 6.93.